The van der Waals surface area contributed by atoms with Gasteiger partial charge in [0.2, 0.25) is 11.8 Å². The lowest BCUT2D eigenvalue weighted by atomic mass is 9.97. The van der Waals surface area contributed by atoms with Gasteiger partial charge in [0.05, 0.1) is 12.1 Å². The van der Waals surface area contributed by atoms with Crippen LogP contribution in [0.2, 0.25) is 0 Å². The maximum Gasteiger partial charge on any atom is 0.225 e. The Balaban J connectivity index is 1.39. The summed E-state index contributed by atoms with van der Waals surface area (Å²) in [7, 11) is 0. The Hall–Kier alpha value is -3.50. The number of nitrogens with zero attached hydrogens (tertiary/aromatic N) is 3. The molecule has 3 heterocycles. The van der Waals surface area contributed by atoms with Gasteiger partial charge in [-0.05, 0) is 47.6 Å². The Bertz CT molecular complexity index is 1170. The van der Waals surface area contributed by atoms with E-state index in [1.807, 2.05) is 54.3 Å². The fourth-order valence-electron chi connectivity index (χ4n) is 4.14. The molecule has 1 aliphatic rings. The Morgan fingerprint density at radius 2 is 1.97 bits per heavy atom. The van der Waals surface area contributed by atoms with Crippen LogP contribution in [0.4, 0.5) is 5.00 Å². The van der Waals surface area contributed by atoms with Crippen LogP contribution in [0.25, 0.3) is 0 Å². The van der Waals surface area contributed by atoms with Crippen molar-refractivity contribution in [2.45, 2.75) is 45.1 Å². The molecule has 0 saturated heterocycles. The van der Waals surface area contributed by atoms with Gasteiger partial charge in [0, 0.05) is 36.7 Å². The minimum Gasteiger partial charge on any atom is -0.337 e. The zero-order valence-corrected chi connectivity index (χ0v) is 19.4. The summed E-state index contributed by atoms with van der Waals surface area (Å²) in [6, 6.07) is 16.0. The fourth-order valence-corrected chi connectivity index (χ4v) is 5.37. The summed E-state index contributed by atoms with van der Waals surface area (Å²) in [5.41, 5.74) is 3.71. The summed E-state index contributed by atoms with van der Waals surface area (Å²) < 4.78 is 0. The maximum atomic E-state index is 12.8. The van der Waals surface area contributed by atoms with Crippen molar-refractivity contribution in [2.75, 3.05) is 11.9 Å². The number of pyridine rings is 1. The quantitative estimate of drug-likeness (QED) is 0.558. The molecule has 0 radical (unpaired) electrons. The molecule has 1 aromatic carbocycles. The van der Waals surface area contributed by atoms with E-state index in [4.69, 9.17) is 0 Å². The molecule has 0 aliphatic carbocycles. The molecule has 7 heteroatoms. The molecular formula is C26H26N4O2S. The molecule has 2 aromatic heterocycles. The summed E-state index contributed by atoms with van der Waals surface area (Å²) >= 11 is 1.42. The van der Waals surface area contributed by atoms with Gasteiger partial charge in [-0.15, -0.1) is 11.3 Å². The number of thiophene rings is 1. The third-order valence-electron chi connectivity index (χ3n) is 6.01. The summed E-state index contributed by atoms with van der Waals surface area (Å²) in [6.07, 6.45) is 5.57. The predicted octanol–water partition coefficient (Wildman–Crippen LogP) is 4.66. The van der Waals surface area contributed by atoms with Crippen LogP contribution in [0.3, 0.4) is 0 Å². The second-order valence-electron chi connectivity index (χ2n) is 8.30. The molecule has 0 saturated carbocycles. The van der Waals surface area contributed by atoms with Crippen LogP contribution < -0.4 is 5.32 Å². The molecule has 0 bridgehead atoms. The van der Waals surface area contributed by atoms with E-state index in [1.165, 1.54) is 11.3 Å². The summed E-state index contributed by atoms with van der Waals surface area (Å²) in [6.45, 7) is 3.10. The number of hydrogen-bond acceptors (Lipinski definition) is 5. The SMILES string of the molecule is CC(CC(=O)Nc1sc2c(c1C#N)CCN(C(=O)CCc1ccncc1)C2)c1ccccc1. The normalized spacial score (nSPS) is 13.6. The van der Waals surface area contributed by atoms with Crippen molar-refractivity contribution in [3.63, 3.8) is 0 Å². The molecule has 0 fully saturated rings. The Labute approximate surface area is 197 Å². The van der Waals surface area contributed by atoms with Crippen LogP contribution in [0.15, 0.2) is 54.9 Å². The molecule has 1 N–H and O–H groups in total. The van der Waals surface area contributed by atoms with Crippen LogP contribution in [-0.2, 0) is 29.0 Å². The number of hydrogen-bond donors (Lipinski definition) is 1. The number of carbonyl (C=O) groups excluding carboxylic acids is 2. The molecule has 4 rings (SSSR count). The number of benzene rings is 1. The Kier molecular flexibility index (Phi) is 7.16. The lowest BCUT2D eigenvalue weighted by molar-refractivity contribution is -0.132. The van der Waals surface area contributed by atoms with E-state index in [0.717, 1.165) is 21.6 Å². The molecular weight excluding hydrogens is 432 g/mol. The molecule has 168 valence electrons. The van der Waals surface area contributed by atoms with Crippen LogP contribution in [0, 0.1) is 11.3 Å². The maximum absolute atomic E-state index is 12.8. The first-order chi connectivity index (χ1) is 16.0. The summed E-state index contributed by atoms with van der Waals surface area (Å²) in [4.78, 5) is 32.3. The molecule has 6 nitrogen and oxygen atoms in total. The van der Waals surface area contributed by atoms with Crippen molar-refractivity contribution in [1.82, 2.24) is 9.88 Å². The van der Waals surface area contributed by atoms with E-state index >= 15 is 0 Å². The van der Waals surface area contributed by atoms with Gasteiger partial charge in [-0.3, -0.25) is 14.6 Å². The zero-order valence-electron chi connectivity index (χ0n) is 18.6. The van der Waals surface area contributed by atoms with E-state index in [2.05, 4.69) is 16.4 Å². The average Bonchev–Trinajstić information content (AvgIpc) is 3.19. The first-order valence-electron chi connectivity index (χ1n) is 11.1. The fraction of sp³-hybridized carbons (Fsp3) is 0.308. The smallest absolute Gasteiger partial charge is 0.225 e. The van der Waals surface area contributed by atoms with Gasteiger partial charge in [-0.1, -0.05) is 37.3 Å². The topological polar surface area (TPSA) is 86.1 Å². The number of carbonyl (C=O) groups is 2. The molecule has 1 aliphatic heterocycles. The number of nitrogens with one attached hydrogen (secondary N) is 1. The van der Waals surface area contributed by atoms with E-state index in [1.54, 1.807) is 12.4 Å². The van der Waals surface area contributed by atoms with Gasteiger partial charge in [0.1, 0.15) is 11.1 Å². The highest BCUT2D eigenvalue weighted by atomic mass is 32.1. The monoisotopic (exact) mass is 458 g/mol. The van der Waals surface area contributed by atoms with Crippen LogP contribution >= 0.6 is 11.3 Å². The molecule has 3 aromatic rings. The number of nitriles is 1. The number of aryl methyl sites for hydroxylation is 1. The van der Waals surface area contributed by atoms with Crippen LogP contribution in [0.1, 0.15) is 52.8 Å². The van der Waals surface area contributed by atoms with Crippen molar-refractivity contribution < 1.29 is 9.59 Å². The second kappa shape index (κ2) is 10.4. The lowest BCUT2D eigenvalue weighted by Gasteiger charge is -2.27. The summed E-state index contributed by atoms with van der Waals surface area (Å²) in [5.74, 6) is 0.0817. The van der Waals surface area contributed by atoms with Crippen molar-refractivity contribution in [2.24, 2.45) is 0 Å². The van der Waals surface area contributed by atoms with Crippen LogP contribution in [0.5, 0.6) is 0 Å². The van der Waals surface area contributed by atoms with E-state index < -0.39 is 0 Å². The first-order valence-corrected chi connectivity index (χ1v) is 11.9. The minimum absolute atomic E-state index is 0.0832. The van der Waals surface area contributed by atoms with Gasteiger partial charge in [0.25, 0.3) is 0 Å². The number of amides is 2. The Morgan fingerprint density at radius 3 is 2.70 bits per heavy atom. The molecule has 1 atom stereocenters. The molecule has 2 amide bonds. The van der Waals surface area contributed by atoms with Gasteiger partial charge < -0.3 is 10.2 Å². The van der Waals surface area contributed by atoms with Gasteiger partial charge in [-0.25, -0.2) is 0 Å². The third-order valence-corrected chi connectivity index (χ3v) is 7.14. The molecule has 0 spiro atoms. The minimum atomic E-state index is -0.105. The number of rotatable bonds is 7. The van der Waals surface area contributed by atoms with Crippen molar-refractivity contribution in [3.8, 4) is 6.07 Å². The largest absolute Gasteiger partial charge is 0.337 e. The number of anilines is 1. The summed E-state index contributed by atoms with van der Waals surface area (Å²) in [5, 5.41) is 13.3. The highest BCUT2D eigenvalue weighted by Crippen LogP contribution is 2.37. The number of fused-ring (bicyclic) bond motifs is 1. The van der Waals surface area contributed by atoms with E-state index in [0.29, 0.717) is 49.3 Å². The predicted molar refractivity (Wildman–Crippen MR) is 129 cm³/mol. The molecule has 1 unspecified atom stereocenters. The van der Waals surface area contributed by atoms with Gasteiger partial charge in [0.15, 0.2) is 0 Å². The number of aromatic nitrogens is 1. The van der Waals surface area contributed by atoms with E-state index in [-0.39, 0.29) is 17.7 Å². The lowest BCUT2D eigenvalue weighted by Crippen LogP contribution is -2.35. The Morgan fingerprint density at radius 1 is 1.21 bits per heavy atom. The third kappa shape index (κ3) is 5.47. The van der Waals surface area contributed by atoms with Gasteiger partial charge in [-0.2, -0.15) is 5.26 Å². The van der Waals surface area contributed by atoms with E-state index in [9.17, 15) is 14.9 Å². The van der Waals surface area contributed by atoms with Crippen molar-refractivity contribution in [1.29, 1.82) is 5.26 Å². The highest BCUT2D eigenvalue weighted by molar-refractivity contribution is 7.16. The van der Waals surface area contributed by atoms with Crippen molar-refractivity contribution >= 4 is 28.2 Å². The first kappa shape index (κ1) is 22.7. The zero-order chi connectivity index (χ0) is 23.2. The van der Waals surface area contributed by atoms with Gasteiger partial charge >= 0.3 is 0 Å². The van der Waals surface area contributed by atoms with Crippen LogP contribution in [-0.4, -0.2) is 28.2 Å². The molecule has 33 heavy (non-hydrogen) atoms. The average molecular weight is 459 g/mol. The highest BCUT2D eigenvalue weighted by Gasteiger charge is 2.27. The standard InChI is InChI=1S/C26H26N4O2S/c1-18(20-5-3-2-4-6-20)15-24(31)29-26-22(16-27)21-11-14-30(17-23(21)33-26)25(32)8-7-19-9-12-28-13-10-19/h2-6,9-10,12-13,18H,7-8,11,14-15,17H2,1H3,(H,29,31). The second-order valence-corrected chi connectivity index (χ2v) is 9.41. The van der Waals surface area contributed by atoms with Crippen molar-refractivity contribution in [3.05, 3.63) is 82.0 Å².